The van der Waals surface area contributed by atoms with Gasteiger partial charge in [0.15, 0.2) is 16.7 Å². The summed E-state index contributed by atoms with van der Waals surface area (Å²) in [5, 5.41) is 3.19. The fraction of sp³-hybridized carbons (Fsp3) is 0.389. The number of fused-ring (bicyclic) bond motifs is 1. The smallest absolute Gasteiger partial charge is 0.237 e. The van der Waals surface area contributed by atoms with Crippen LogP contribution in [0.15, 0.2) is 23.4 Å². The zero-order valence-electron chi connectivity index (χ0n) is 14.8. The number of nitrogens with one attached hydrogen (secondary N) is 1. The molecule has 0 fully saturated rings. The summed E-state index contributed by atoms with van der Waals surface area (Å²) in [5.74, 6) is 1.24. The highest BCUT2D eigenvalue weighted by Gasteiger charge is 2.19. The molecular formula is C18H21N3O3S. The van der Waals surface area contributed by atoms with Crippen molar-refractivity contribution in [3.05, 3.63) is 35.2 Å². The van der Waals surface area contributed by atoms with E-state index in [0.29, 0.717) is 35.6 Å². The first-order valence-electron chi connectivity index (χ1n) is 8.13. The highest BCUT2D eigenvalue weighted by Crippen LogP contribution is 2.33. The minimum atomic E-state index is -0.324. The maximum atomic E-state index is 12.5. The van der Waals surface area contributed by atoms with Crippen molar-refractivity contribution in [1.29, 1.82) is 0 Å². The van der Waals surface area contributed by atoms with E-state index in [1.807, 2.05) is 27.7 Å². The molecule has 6 nitrogen and oxygen atoms in total. The summed E-state index contributed by atoms with van der Waals surface area (Å²) in [6.07, 6.45) is 0. The maximum absolute atomic E-state index is 12.5. The van der Waals surface area contributed by atoms with Crippen molar-refractivity contribution in [2.45, 2.75) is 38.1 Å². The molecule has 1 aliphatic rings. The van der Waals surface area contributed by atoms with Crippen molar-refractivity contribution in [2.75, 3.05) is 18.5 Å². The molecule has 1 aromatic heterocycles. The number of benzene rings is 1. The number of carbonyl (C=O) groups excluding carboxylic acids is 1. The molecule has 0 radical (unpaired) electrons. The summed E-state index contributed by atoms with van der Waals surface area (Å²) < 4.78 is 11.0. The number of aromatic nitrogens is 2. The lowest BCUT2D eigenvalue weighted by molar-refractivity contribution is -0.115. The summed E-state index contributed by atoms with van der Waals surface area (Å²) in [6, 6.07) is 5.39. The highest BCUT2D eigenvalue weighted by molar-refractivity contribution is 8.00. The predicted molar refractivity (Wildman–Crippen MR) is 97.6 cm³/mol. The van der Waals surface area contributed by atoms with E-state index in [0.717, 1.165) is 17.0 Å². The number of ether oxygens (including phenoxy) is 2. The zero-order chi connectivity index (χ0) is 18.0. The molecule has 0 unspecified atom stereocenters. The molecule has 1 aromatic carbocycles. The molecule has 0 spiro atoms. The number of nitrogens with zero attached hydrogens (tertiary/aromatic N) is 2. The van der Waals surface area contributed by atoms with Gasteiger partial charge in [-0.05, 0) is 45.4 Å². The van der Waals surface area contributed by atoms with E-state index in [1.54, 1.807) is 18.2 Å². The predicted octanol–water partition coefficient (Wildman–Crippen LogP) is 3.29. The second-order valence-electron chi connectivity index (χ2n) is 5.91. The van der Waals surface area contributed by atoms with Crippen LogP contribution >= 0.6 is 11.8 Å². The van der Waals surface area contributed by atoms with E-state index < -0.39 is 0 Å². The van der Waals surface area contributed by atoms with Crippen molar-refractivity contribution in [3.63, 3.8) is 0 Å². The lowest BCUT2D eigenvalue weighted by Gasteiger charge is -2.19. The fourth-order valence-corrected chi connectivity index (χ4v) is 3.23. The quantitative estimate of drug-likeness (QED) is 0.667. The molecule has 1 N–H and O–H groups in total. The van der Waals surface area contributed by atoms with Crippen LogP contribution in [0.4, 0.5) is 5.69 Å². The minimum Gasteiger partial charge on any atom is -0.486 e. The summed E-state index contributed by atoms with van der Waals surface area (Å²) in [7, 11) is 0. The number of hydrogen-bond acceptors (Lipinski definition) is 6. The molecular weight excluding hydrogens is 338 g/mol. The number of aryl methyl sites for hydroxylation is 2. The molecule has 0 saturated carbocycles. The Labute approximate surface area is 151 Å². The second-order valence-corrected chi connectivity index (χ2v) is 7.22. The van der Waals surface area contributed by atoms with Gasteiger partial charge in [0.1, 0.15) is 13.2 Å². The van der Waals surface area contributed by atoms with Crippen LogP contribution in [0.25, 0.3) is 0 Å². The fourth-order valence-electron chi connectivity index (χ4n) is 2.37. The molecule has 25 heavy (non-hydrogen) atoms. The van der Waals surface area contributed by atoms with Gasteiger partial charge in [-0.15, -0.1) is 0 Å². The molecule has 2 aromatic rings. The lowest BCUT2D eigenvalue weighted by Crippen LogP contribution is -2.23. The van der Waals surface area contributed by atoms with Gasteiger partial charge in [0.05, 0.1) is 5.25 Å². The Hall–Kier alpha value is -2.28. The van der Waals surface area contributed by atoms with Crippen LogP contribution in [0.1, 0.15) is 23.9 Å². The first kappa shape index (κ1) is 17.5. The molecule has 0 bridgehead atoms. The first-order chi connectivity index (χ1) is 11.9. The summed E-state index contributed by atoms with van der Waals surface area (Å²) >= 11 is 1.35. The van der Waals surface area contributed by atoms with Gasteiger partial charge in [-0.3, -0.25) is 4.79 Å². The van der Waals surface area contributed by atoms with Crippen LogP contribution in [0.5, 0.6) is 11.5 Å². The number of hydrogen-bond donors (Lipinski definition) is 1. The van der Waals surface area contributed by atoms with E-state index in [-0.39, 0.29) is 11.2 Å². The number of rotatable bonds is 4. The molecule has 1 atom stereocenters. The lowest BCUT2D eigenvalue weighted by atomic mass is 10.2. The number of anilines is 1. The van der Waals surface area contributed by atoms with Crippen LogP contribution < -0.4 is 14.8 Å². The first-order valence-corrected chi connectivity index (χ1v) is 9.01. The Morgan fingerprint density at radius 3 is 2.44 bits per heavy atom. The van der Waals surface area contributed by atoms with Crippen LogP contribution in [-0.4, -0.2) is 34.3 Å². The third-order valence-corrected chi connectivity index (χ3v) is 5.03. The Morgan fingerprint density at radius 2 is 1.76 bits per heavy atom. The van der Waals surface area contributed by atoms with E-state index >= 15 is 0 Å². The van der Waals surface area contributed by atoms with Gasteiger partial charge in [-0.1, -0.05) is 11.8 Å². The third kappa shape index (κ3) is 4.04. The van der Waals surface area contributed by atoms with Gasteiger partial charge in [0, 0.05) is 23.1 Å². The van der Waals surface area contributed by atoms with Crippen molar-refractivity contribution in [2.24, 2.45) is 0 Å². The molecule has 0 saturated heterocycles. The molecule has 2 heterocycles. The van der Waals surface area contributed by atoms with Crippen LogP contribution in [-0.2, 0) is 4.79 Å². The van der Waals surface area contributed by atoms with Gasteiger partial charge in [-0.2, -0.15) is 0 Å². The third-order valence-electron chi connectivity index (χ3n) is 4.07. The normalized spacial score (nSPS) is 14.1. The zero-order valence-corrected chi connectivity index (χ0v) is 15.6. The van der Waals surface area contributed by atoms with Crippen molar-refractivity contribution < 1.29 is 14.3 Å². The van der Waals surface area contributed by atoms with Gasteiger partial charge >= 0.3 is 0 Å². The van der Waals surface area contributed by atoms with E-state index in [4.69, 9.17) is 9.47 Å². The molecule has 3 rings (SSSR count). The second kappa shape index (κ2) is 7.31. The number of carbonyl (C=O) groups is 1. The molecule has 1 aliphatic heterocycles. The van der Waals surface area contributed by atoms with Gasteiger partial charge < -0.3 is 14.8 Å². The molecule has 0 aliphatic carbocycles. The topological polar surface area (TPSA) is 73.3 Å². The minimum absolute atomic E-state index is 0.110. The molecule has 1 amide bonds. The Balaban J connectivity index is 1.67. The highest BCUT2D eigenvalue weighted by atomic mass is 32.2. The van der Waals surface area contributed by atoms with Crippen LogP contribution in [0.2, 0.25) is 0 Å². The van der Waals surface area contributed by atoms with Gasteiger partial charge in [0.25, 0.3) is 0 Å². The van der Waals surface area contributed by atoms with E-state index in [2.05, 4.69) is 15.3 Å². The number of amides is 1. The maximum Gasteiger partial charge on any atom is 0.237 e. The van der Waals surface area contributed by atoms with Crippen LogP contribution in [0, 0.1) is 20.8 Å². The Kier molecular flexibility index (Phi) is 5.13. The van der Waals surface area contributed by atoms with Gasteiger partial charge in [-0.25, -0.2) is 9.97 Å². The Morgan fingerprint density at radius 1 is 1.12 bits per heavy atom. The molecule has 7 heteroatoms. The number of thioether (sulfide) groups is 1. The SMILES string of the molecule is Cc1nc(S[C@@H](C)C(=O)Nc2ccc3c(c2)OCCO3)nc(C)c1C. The largest absolute Gasteiger partial charge is 0.486 e. The van der Waals surface area contributed by atoms with Crippen molar-refractivity contribution >= 4 is 23.4 Å². The molecule has 132 valence electrons. The van der Waals surface area contributed by atoms with Crippen molar-refractivity contribution in [3.8, 4) is 11.5 Å². The summed E-state index contributed by atoms with van der Waals surface area (Å²) in [5.41, 5.74) is 3.64. The summed E-state index contributed by atoms with van der Waals surface area (Å²) in [6.45, 7) is 8.80. The van der Waals surface area contributed by atoms with Gasteiger partial charge in [0.2, 0.25) is 5.91 Å². The Bertz CT molecular complexity index is 787. The van der Waals surface area contributed by atoms with Crippen LogP contribution in [0.3, 0.4) is 0 Å². The average molecular weight is 359 g/mol. The average Bonchev–Trinajstić information content (AvgIpc) is 2.59. The monoisotopic (exact) mass is 359 g/mol. The van der Waals surface area contributed by atoms with Crippen molar-refractivity contribution in [1.82, 2.24) is 9.97 Å². The van der Waals surface area contributed by atoms with E-state index in [1.165, 1.54) is 11.8 Å². The standard InChI is InChI=1S/C18H21N3O3S/c1-10-11(2)19-18(20-12(10)3)25-13(4)17(22)21-14-5-6-15-16(9-14)24-8-7-23-15/h5-6,9,13H,7-8H2,1-4H3,(H,21,22)/t13-/m0/s1. The van der Waals surface area contributed by atoms with E-state index in [9.17, 15) is 4.79 Å². The summed E-state index contributed by atoms with van der Waals surface area (Å²) in [4.78, 5) is 21.4.